The molecular weight excluding hydrogens is 270 g/mol. The zero-order valence-corrected chi connectivity index (χ0v) is 10.7. The molecule has 0 aliphatic heterocycles. The zero-order valence-electron chi connectivity index (χ0n) is 10.7. The molecule has 0 amide bonds. The maximum Gasteiger partial charge on any atom is 0.229 e. The van der Waals surface area contributed by atoms with Crippen molar-refractivity contribution < 1.29 is 19.1 Å². The maximum absolute atomic E-state index is 12.5. The third-order valence-electron chi connectivity index (χ3n) is 3.54. The second-order valence-corrected chi connectivity index (χ2v) is 4.78. The lowest BCUT2D eigenvalue weighted by atomic mass is 9.88. The molecule has 1 N–H and O–H groups in total. The average Bonchev–Trinajstić information content (AvgIpc) is 3.13. The SMILES string of the molecule is O=C1c2cccc(O)c2C(=O)c2cc(-n3cccc3)oc21. The molecule has 1 aromatic carbocycles. The minimum Gasteiger partial charge on any atom is -0.507 e. The van der Waals surface area contributed by atoms with Crippen LogP contribution in [0.2, 0.25) is 0 Å². The molecule has 2 heterocycles. The molecule has 21 heavy (non-hydrogen) atoms. The Morgan fingerprint density at radius 2 is 1.71 bits per heavy atom. The van der Waals surface area contributed by atoms with Crippen molar-refractivity contribution in [1.29, 1.82) is 0 Å². The van der Waals surface area contributed by atoms with Gasteiger partial charge in [0.15, 0.2) is 5.76 Å². The van der Waals surface area contributed by atoms with Crippen LogP contribution in [0.4, 0.5) is 0 Å². The van der Waals surface area contributed by atoms with E-state index >= 15 is 0 Å². The van der Waals surface area contributed by atoms with E-state index in [2.05, 4.69) is 0 Å². The molecule has 5 heteroatoms. The van der Waals surface area contributed by atoms with Gasteiger partial charge in [-0.05, 0) is 24.3 Å². The van der Waals surface area contributed by atoms with Crippen molar-refractivity contribution in [2.75, 3.05) is 0 Å². The molecule has 0 spiro atoms. The average molecular weight is 279 g/mol. The molecule has 0 saturated carbocycles. The lowest BCUT2D eigenvalue weighted by Gasteiger charge is -2.13. The van der Waals surface area contributed by atoms with Crippen LogP contribution in [0.25, 0.3) is 5.88 Å². The van der Waals surface area contributed by atoms with Gasteiger partial charge in [0.25, 0.3) is 0 Å². The van der Waals surface area contributed by atoms with E-state index in [1.165, 1.54) is 24.3 Å². The quantitative estimate of drug-likeness (QED) is 0.581. The van der Waals surface area contributed by atoms with Crippen molar-refractivity contribution >= 4 is 11.6 Å². The molecule has 5 nitrogen and oxygen atoms in total. The zero-order chi connectivity index (χ0) is 14.6. The molecule has 0 saturated heterocycles. The number of hydrogen-bond donors (Lipinski definition) is 1. The van der Waals surface area contributed by atoms with Crippen LogP contribution >= 0.6 is 0 Å². The van der Waals surface area contributed by atoms with Crippen LogP contribution in [0.5, 0.6) is 5.75 Å². The molecule has 0 unspecified atom stereocenters. The minimum absolute atomic E-state index is 0.0156. The van der Waals surface area contributed by atoms with Gasteiger partial charge in [-0.3, -0.25) is 14.2 Å². The Labute approximate surface area is 119 Å². The number of hydrogen-bond acceptors (Lipinski definition) is 4. The summed E-state index contributed by atoms with van der Waals surface area (Å²) in [6.07, 6.45) is 3.51. The lowest BCUT2D eigenvalue weighted by molar-refractivity contribution is 0.0958. The van der Waals surface area contributed by atoms with Gasteiger partial charge < -0.3 is 9.52 Å². The Kier molecular flexibility index (Phi) is 2.21. The van der Waals surface area contributed by atoms with Crippen molar-refractivity contribution in [3.63, 3.8) is 0 Å². The number of aromatic hydroxyl groups is 1. The van der Waals surface area contributed by atoms with Crippen LogP contribution < -0.4 is 0 Å². The predicted octanol–water partition coefficient (Wildman–Crippen LogP) is 2.55. The molecule has 0 radical (unpaired) electrons. The highest BCUT2D eigenvalue weighted by Crippen LogP contribution is 2.34. The van der Waals surface area contributed by atoms with Crippen LogP contribution in [0, 0.1) is 0 Å². The largest absolute Gasteiger partial charge is 0.507 e. The van der Waals surface area contributed by atoms with Crippen LogP contribution in [-0.2, 0) is 0 Å². The number of rotatable bonds is 1. The second kappa shape index (κ2) is 3.96. The van der Waals surface area contributed by atoms with Gasteiger partial charge in [-0.15, -0.1) is 0 Å². The van der Waals surface area contributed by atoms with Crippen LogP contribution in [-0.4, -0.2) is 21.2 Å². The molecule has 102 valence electrons. The van der Waals surface area contributed by atoms with Gasteiger partial charge in [0, 0.05) is 24.0 Å². The third kappa shape index (κ3) is 1.51. The molecule has 4 rings (SSSR count). The number of ketones is 2. The highest BCUT2D eigenvalue weighted by Gasteiger charge is 2.35. The smallest absolute Gasteiger partial charge is 0.229 e. The van der Waals surface area contributed by atoms with E-state index in [4.69, 9.17) is 4.42 Å². The van der Waals surface area contributed by atoms with E-state index in [9.17, 15) is 14.7 Å². The van der Waals surface area contributed by atoms with E-state index in [-0.39, 0.29) is 28.2 Å². The Morgan fingerprint density at radius 3 is 2.48 bits per heavy atom. The third-order valence-corrected chi connectivity index (χ3v) is 3.54. The van der Waals surface area contributed by atoms with Crippen LogP contribution in [0.3, 0.4) is 0 Å². The monoisotopic (exact) mass is 279 g/mol. The molecule has 1 aliphatic carbocycles. The second-order valence-electron chi connectivity index (χ2n) is 4.78. The Bertz CT molecular complexity index is 887. The van der Waals surface area contributed by atoms with E-state index in [1.54, 1.807) is 17.0 Å². The molecule has 1 aliphatic rings. The van der Waals surface area contributed by atoms with E-state index in [0.717, 1.165) is 0 Å². The van der Waals surface area contributed by atoms with Gasteiger partial charge in [0.1, 0.15) is 5.75 Å². The standard InChI is InChI=1S/C16H9NO4/c18-11-5-3-4-9-13(11)14(19)10-8-12(17-6-1-2-7-17)21-16(10)15(9)20/h1-8,18H. The normalized spacial score (nSPS) is 13.1. The van der Waals surface area contributed by atoms with E-state index in [1.807, 2.05) is 12.1 Å². The van der Waals surface area contributed by atoms with Crippen LogP contribution in [0.1, 0.15) is 32.0 Å². The summed E-state index contributed by atoms with van der Waals surface area (Å²) >= 11 is 0. The maximum atomic E-state index is 12.5. The summed E-state index contributed by atoms with van der Waals surface area (Å²) < 4.78 is 7.21. The molecule has 0 atom stereocenters. The first-order valence-electron chi connectivity index (χ1n) is 6.35. The molecule has 3 aromatic rings. The summed E-state index contributed by atoms with van der Waals surface area (Å²) in [7, 11) is 0. The number of fused-ring (bicyclic) bond motifs is 2. The lowest BCUT2D eigenvalue weighted by Crippen LogP contribution is -2.19. The highest BCUT2D eigenvalue weighted by atomic mass is 16.4. The van der Waals surface area contributed by atoms with Gasteiger partial charge in [-0.25, -0.2) is 0 Å². The fourth-order valence-electron chi connectivity index (χ4n) is 2.55. The number of benzene rings is 1. The van der Waals surface area contributed by atoms with Gasteiger partial charge >= 0.3 is 0 Å². The fourth-order valence-corrected chi connectivity index (χ4v) is 2.55. The van der Waals surface area contributed by atoms with Crippen molar-refractivity contribution in [3.8, 4) is 11.6 Å². The number of aromatic nitrogens is 1. The van der Waals surface area contributed by atoms with Gasteiger partial charge in [0.05, 0.1) is 11.1 Å². The van der Waals surface area contributed by atoms with Crippen molar-refractivity contribution in [3.05, 3.63) is 71.2 Å². The summed E-state index contributed by atoms with van der Waals surface area (Å²) in [6.45, 7) is 0. The minimum atomic E-state index is -0.403. The van der Waals surface area contributed by atoms with E-state index < -0.39 is 11.6 Å². The summed E-state index contributed by atoms with van der Waals surface area (Å²) in [5, 5.41) is 9.85. The Balaban J connectivity index is 1.96. The number of furan rings is 1. The van der Waals surface area contributed by atoms with E-state index in [0.29, 0.717) is 5.88 Å². The number of phenols is 1. The number of phenolic OH excluding ortho intramolecular Hbond substituents is 1. The van der Waals surface area contributed by atoms with Crippen molar-refractivity contribution in [2.45, 2.75) is 0 Å². The highest BCUT2D eigenvalue weighted by molar-refractivity contribution is 6.28. The number of carbonyl (C=O) groups is 2. The fraction of sp³-hybridized carbons (Fsp3) is 0. The van der Waals surface area contributed by atoms with Crippen LogP contribution in [0.15, 0.2) is 53.2 Å². The number of carbonyl (C=O) groups excluding carboxylic acids is 2. The first-order chi connectivity index (χ1) is 10.2. The molecule has 0 fully saturated rings. The molecule has 0 bridgehead atoms. The summed E-state index contributed by atoms with van der Waals surface area (Å²) in [4.78, 5) is 24.9. The Hall–Kier alpha value is -3.08. The van der Waals surface area contributed by atoms with Gasteiger partial charge in [0.2, 0.25) is 17.5 Å². The van der Waals surface area contributed by atoms with Gasteiger partial charge in [-0.2, -0.15) is 0 Å². The summed E-state index contributed by atoms with van der Waals surface area (Å²) in [6, 6.07) is 9.57. The van der Waals surface area contributed by atoms with Crippen molar-refractivity contribution in [1.82, 2.24) is 4.57 Å². The Morgan fingerprint density at radius 1 is 0.952 bits per heavy atom. The van der Waals surface area contributed by atoms with Crippen molar-refractivity contribution in [2.24, 2.45) is 0 Å². The summed E-state index contributed by atoms with van der Waals surface area (Å²) in [5.74, 6) is -0.588. The predicted molar refractivity (Wildman–Crippen MR) is 73.0 cm³/mol. The first kappa shape index (κ1) is 11.7. The molecule has 2 aromatic heterocycles. The summed E-state index contributed by atoms with van der Waals surface area (Å²) in [5.41, 5.74) is 0.383. The number of nitrogens with zero attached hydrogens (tertiary/aromatic N) is 1. The van der Waals surface area contributed by atoms with Gasteiger partial charge in [-0.1, -0.05) is 6.07 Å². The first-order valence-corrected chi connectivity index (χ1v) is 6.35. The topological polar surface area (TPSA) is 72.4 Å². The molecular formula is C16H9NO4.